The highest BCUT2D eigenvalue weighted by molar-refractivity contribution is 6.30. The molecule has 0 amide bonds. The first-order chi connectivity index (χ1) is 8.79. The zero-order chi connectivity index (χ0) is 12.8. The van der Waals surface area contributed by atoms with Crippen LogP contribution in [0.4, 0.5) is 0 Å². The first-order valence-electron chi connectivity index (χ1n) is 7.31. The van der Waals surface area contributed by atoms with Crippen molar-refractivity contribution in [2.24, 2.45) is 0 Å². The molecule has 0 heterocycles. The summed E-state index contributed by atoms with van der Waals surface area (Å²) in [5, 5.41) is 4.68. The van der Waals surface area contributed by atoms with Crippen LogP contribution in [-0.2, 0) is 0 Å². The Morgan fingerprint density at radius 3 is 2.44 bits per heavy atom. The van der Waals surface area contributed by atoms with E-state index in [4.69, 9.17) is 11.6 Å². The third kappa shape index (κ3) is 4.00. The van der Waals surface area contributed by atoms with Crippen LogP contribution in [0.2, 0.25) is 5.02 Å². The molecule has 18 heavy (non-hydrogen) atoms. The van der Waals surface area contributed by atoms with Crippen molar-refractivity contribution < 1.29 is 0 Å². The minimum Gasteiger partial charge on any atom is -0.307 e. The summed E-state index contributed by atoms with van der Waals surface area (Å²) in [5.41, 5.74) is 1.38. The van der Waals surface area contributed by atoms with Gasteiger partial charge in [-0.25, -0.2) is 0 Å². The van der Waals surface area contributed by atoms with E-state index in [0.717, 1.165) is 5.02 Å². The second kappa shape index (κ2) is 7.16. The fourth-order valence-corrected chi connectivity index (χ4v) is 3.01. The SMILES string of the molecule is CCCC(NC1CCCCC1)c1ccc(Cl)cc1. The van der Waals surface area contributed by atoms with E-state index in [9.17, 15) is 0 Å². The quantitative estimate of drug-likeness (QED) is 0.781. The number of nitrogens with one attached hydrogen (secondary N) is 1. The summed E-state index contributed by atoms with van der Waals surface area (Å²) in [6.07, 6.45) is 9.29. The smallest absolute Gasteiger partial charge is 0.0406 e. The van der Waals surface area contributed by atoms with Crippen molar-refractivity contribution in [1.29, 1.82) is 0 Å². The molecule has 0 bridgehead atoms. The molecule has 1 nitrogen and oxygen atoms in total. The summed E-state index contributed by atoms with van der Waals surface area (Å²) in [7, 11) is 0. The number of halogens is 1. The first kappa shape index (κ1) is 13.9. The van der Waals surface area contributed by atoms with Crippen molar-refractivity contribution in [3.8, 4) is 0 Å². The summed E-state index contributed by atoms with van der Waals surface area (Å²) < 4.78 is 0. The Labute approximate surface area is 116 Å². The highest BCUT2D eigenvalue weighted by Crippen LogP contribution is 2.25. The molecule has 2 rings (SSSR count). The van der Waals surface area contributed by atoms with Crippen molar-refractivity contribution >= 4 is 11.6 Å². The van der Waals surface area contributed by atoms with Gasteiger partial charge in [0.15, 0.2) is 0 Å². The Morgan fingerprint density at radius 2 is 1.83 bits per heavy atom. The highest BCUT2D eigenvalue weighted by Gasteiger charge is 2.18. The maximum Gasteiger partial charge on any atom is 0.0406 e. The molecule has 1 atom stereocenters. The van der Waals surface area contributed by atoms with E-state index < -0.39 is 0 Å². The highest BCUT2D eigenvalue weighted by atomic mass is 35.5. The molecular formula is C16H24ClN. The van der Waals surface area contributed by atoms with Crippen LogP contribution in [0.15, 0.2) is 24.3 Å². The zero-order valence-electron chi connectivity index (χ0n) is 11.3. The van der Waals surface area contributed by atoms with Crippen molar-refractivity contribution in [3.63, 3.8) is 0 Å². The van der Waals surface area contributed by atoms with Gasteiger partial charge in [0, 0.05) is 17.1 Å². The summed E-state index contributed by atoms with van der Waals surface area (Å²) >= 11 is 5.96. The summed E-state index contributed by atoms with van der Waals surface area (Å²) in [6.45, 7) is 2.26. The van der Waals surface area contributed by atoms with Gasteiger partial charge < -0.3 is 5.32 Å². The van der Waals surface area contributed by atoms with Crippen LogP contribution in [0, 0.1) is 0 Å². The molecule has 1 fully saturated rings. The lowest BCUT2D eigenvalue weighted by molar-refractivity contribution is 0.329. The second-order valence-electron chi connectivity index (χ2n) is 5.39. The van der Waals surface area contributed by atoms with Crippen molar-refractivity contribution in [2.45, 2.75) is 64.0 Å². The van der Waals surface area contributed by atoms with Gasteiger partial charge in [-0.2, -0.15) is 0 Å². The minimum atomic E-state index is 0.496. The van der Waals surface area contributed by atoms with Gasteiger partial charge in [0.1, 0.15) is 0 Å². The average molecular weight is 266 g/mol. The van der Waals surface area contributed by atoms with Gasteiger partial charge in [-0.05, 0) is 37.0 Å². The Morgan fingerprint density at radius 1 is 1.17 bits per heavy atom. The number of hydrogen-bond acceptors (Lipinski definition) is 1. The maximum atomic E-state index is 5.96. The van der Waals surface area contributed by atoms with Gasteiger partial charge in [-0.1, -0.05) is 56.3 Å². The predicted molar refractivity (Wildman–Crippen MR) is 79.1 cm³/mol. The number of rotatable bonds is 5. The molecular weight excluding hydrogens is 242 g/mol. The lowest BCUT2D eigenvalue weighted by Crippen LogP contribution is -2.34. The number of hydrogen-bond donors (Lipinski definition) is 1. The molecule has 0 radical (unpaired) electrons. The summed E-state index contributed by atoms with van der Waals surface area (Å²) in [4.78, 5) is 0. The van der Waals surface area contributed by atoms with Gasteiger partial charge >= 0.3 is 0 Å². The van der Waals surface area contributed by atoms with E-state index in [2.05, 4.69) is 24.4 Å². The van der Waals surface area contributed by atoms with Crippen LogP contribution < -0.4 is 5.32 Å². The largest absolute Gasteiger partial charge is 0.307 e. The Hall–Kier alpha value is -0.530. The Balaban J connectivity index is 2.00. The van der Waals surface area contributed by atoms with Gasteiger partial charge in [-0.3, -0.25) is 0 Å². The van der Waals surface area contributed by atoms with E-state index in [0.29, 0.717) is 12.1 Å². The van der Waals surface area contributed by atoms with Crippen LogP contribution in [-0.4, -0.2) is 6.04 Å². The van der Waals surface area contributed by atoms with Gasteiger partial charge in [0.2, 0.25) is 0 Å². The minimum absolute atomic E-state index is 0.496. The predicted octanol–water partition coefficient (Wildman–Crippen LogP) is 5.10. The first-order valence-corrected chi connectivity index (χ1v) is 7.69. The van der Waals surface area contributed by atoms with Crippen molar-refractivity contribution in [2.75, 3.05) is 0 Å². The molecule has 1 aliphatic rings. The lowest BCUT2D eigenvalue weighted by Gasteiger charge is -2.28. The topological polar surface area (TPSA) is 12.0 Å². The molecule has 1 N–H and O–H groups in total. The standard InChI is InChI=1S/C16H24ClN/c1-2-6-16(13-9-11-14(17)12-10-13)18-15-7-4-3-5-8-15/h9-12,15-16,18H,2-8H2,1H3. The molecule has 1 saturated carbocycles. The second-order valence-corrected chi connectivity index (χ2v) is 5.83. The molecule has 100 valence electrons. The van der Waals surface area contributed by atoms with Crippen LogP contribution in [0.25, 0.3) is 0 Å². The molecule has 0 aliphatic heterocycles. The van der Waals surface area contributed by atoms with Crippen LogP contribution in [0.1, 0.15) is 63.5 Å². The average Bonchev–Trinajstić information content (AvgIpc) is 2.40. The molecule has 1 unspecified atom stereocenters. The fourth-order valence-electron chi connectivity index (χ4n) is 2.88. The molecule has 1 aliphatic carbocycles. The Bertz CT molecular complexity index is 341. The summed E-state index contributed by atoms with van der Waals surface area (Å²) in [6, 6.07) is 9.54. The molecule has 0 aromatic heterocycles. The third-order valence-corrected chi connectivity index (χ3v) is 4.14. The molecule has 1 aromatic rings. The van der Waals surface area contributed by atoms with Crippen molar-refractivity contribution in [3.05, 3.63) is 34.9 Å². The molecule has 2 heteroatoms. The normalized spacial score (nSPS) is 18.8. The third-order valence-electron chi connectivity index (χ3n) is 3.89. The Kier molecular flexibility index (Phi) is 5.52. The van der Waals surface area contributed by atoms with E-state index in [1.54, 1.807) is 0 Å². The van der Waals surface area contributed by atoms with E-state index in [1.165, 1.54) is 50.5 Å². The van der Waals surface area contributed by atoms with Crippen molar-refractivity contribution in [1.82, 2.24) is 5.32 Å². The lowest BCUT2D eigenvalue weighted by atomic mass is 9.93. The van der Waals surface area contributed by atoms with E-state index >= 15 is 0 Å². The van der Waals surface area contributed by atoms with Crippen LogP contribution in [0.5, 0.6) is 0 Å². The molecule has 0 spiro atoms. The van der Waals surface area contributed by atoms with E-state index in [1.807, 2.05) is 12.1 Å². The molecule has 1 aromatic carbocycles. The van der Waals surface area contributed by atoms with Gasteiger partial charge in [0.05, 0.1) is 0 Å². The number of benzene rings is 1. The molecule has 0 saturated heterocycles. The van der Waals surface area contributed by atoms with Crippen LogP contribution >= 0.6 is 11.6 Å². The maximum absolute atomic E-state index is 5.96. The monoisotopic (exact) mass is 265 g/mol. The zero-order valence-corrected chi connectivity index (χ0v) is 12.0. The van der Waals surface area contributed by atoms with Crippen LogP contribution in [0.3, 0.4) is 0 Å². The van der Waals surface area contributed by atoms with Gasteiger partial charge in [-0.15, -0.1) is 0 Å². The van der Waals surface area contributed by atoms with Gasteiger partial charge in [0.25, 0.3) is 0 Å². The summed E-state index contributed by atoms with van der Waals surface area (Å²) in [5.74, 6) is 0. The van der Waals surface area contributed by atoms with E-state index in [-0.39, 0.29) is 0 Å². The fraction of sp³-hybridized carbons (Fsp3) is 0.625.